The van der Waals surface area contributed by atoms with Crippen LogP contribution in [0.5, 0.6) is 5.75 Å². The highest BCUT2D eigenvalue weighted by Gasteiger charge is 2.35. The van der Waals surface area contributed by atoms with Gasteiger partial charge in [0, 0.05) is 63.8 Å². The van der Waals surface area contributed by atoms with Crippen LogP contribution in [-0.2, 0) is 20.8 Å². The fourth-order valence-electron chi connectivity index (χ4n) is 5.92. The Morgan fingerprint density at radius 1 is 1.09 bits per heavy atom. The first-order valence-corrected chi connectivity index (χ1v) is 15.1. The van der Waals surface area contributed by atoms with Crippen molar-refractivity contribution in [2.45, 2.75) is 31.3 Å². The third kappa shape index (κ3) is 7.05. The van der Waals surface area contributed by atoms with Gasteiger partial charge in [-0.3, -0.25) is 19.2 Å². The standard InChI is InChI=1S/C32H37FN6O7/c1-36-18-29(41)39-14-13-38(32(44)45)17-22(39)19-46-27-9-7-21(33)15-24(27)31(43)37(2)26(8-10-28(36)40)30(42)34-12-11-20-16-35-25-6-4-3-5-23(20)25/h3-7,9,15-16,22,26,35H,8,10-14,17-19H2,1-2H3,(H,34,42)(H,44,45)/t22-,26-/m1/s1. The molecule has 0 radical (unpaired) electrons. The molecule has 5 amide bonds. The normalized spacial score (nSPS) is 20.0. The molecule has 244 valence electrons. The molecular weight excluding hydrogens is 599 g/mol. The van der Waals surface area contributed by atoms with Crippen LogP contribution in [0.1, 0.15) is 28.8 Å². The molecular formula is C32H37FN6O7. The number of amides is 5. The number of piperazine rings is 1. The number of carboxylic acid groups (broad SMARTS) is 1. The van der Waals surface area contributed by atoms with Crippen molar-refractivity contribution in [1.82, 2.24) is 29.9 Å². The number of halogens is 1. The lowest BCUT2D eigenvalue weighted by atomic mass is 10.1. The van der Waals surface area contributed by atoms with Gasteiger partial charge in [0.25, 0.3) is 5.91 Å². The van der Waals surface area contributed by atoms with Crippen molar-refractivity contribution in [3.8, 4) is 5.75 Å². The molecule has 1 aromatic heterocycles. The van der Waals surface area contributed by atoms with Gasteiger partial charge in [-0.25, -0.2) is 9.18 Å². The zero-order chi connectivity index (χ0) is 33.0. The monoisotopic (exact) mass is 636 g/mol. The molecule has 0 aliphatic carbocycles. The maximum Gasteiger partial charge on any atom is 0.407 e. The fraction of sp³-hybridized carbons (Fsp3) is 0.406. The Kier molecular flexibility index (Phi) is 9.73. The first-order chi connectivity index (χ1) is 22.0. The number of para-hydroxylation sites is 1. The van der Waals surface area contributed by atoms with Gasteiger partial charge in [0.1, 0.15) is 24.2 Å². The highest BCUT2D eigenvalue weighted by atomic mass is 19.1. The van der Waals surface area contributed by atoms with Crippen molar-refractivity contribution in [1.29, 1.82) is 0 Å². The number of carbonyl (C=O) groups excluding carboxylic acids is 4. The number of hydrogen-bond donors (Lipinski definition) is 3. The minimum absolute atomic E-state index is 0.0136. The average molecular weight is 637 g/mol. The van der Waals surface area contributed by atoms with Crippen molar-refractivity contribution in [3.05, 3.63) is 65.6 Å². The molecule has 0 bridgehead atoms. The number of carbonyl (C=O) groups is 5. The van der Waals surface area contributed by atoms with Crippen LogP contribution in [0.15, 0.2) is 48.7 Å². The Morgan fingerprint density at radius 2 is 1.87 bits per heavy atom. The van der Waals surface area contributed by atoms with Crippen molar-refractivity contribution < 1.29 is 38.2 Å². The Bertz CT molecular complexity index is 1640. The van der Waals surface area contributed by atoms with E-state index in [2.05, 4.69) is 10.3 Å². The predicted octanol–water partition coefficient (Wildman–Crippen LogP) is 1.93. The molecule has 3 heterocycles. The summed E-state index contributed by atoms with van der Waals surface area (Å²) in [6, 6.07) is 9.37. The lowest BCUT2D eigenvalue weighted by Gasteiger charge is -2.40. The molecule has 0 unspecified atom stereocenters. The van der Waals surface area contributed by atoms with Crippen molar-refractivity contribution in [2.75, 3.05) is 53.4 Å². The van der Waals surface area contributed by atoms with Crippen LogP contribution in [-0.4, -0.2) is 125 Å². The highest BCUT2D eigenvalue weighted by molar-refractivity contribution is 5.99. The van der Waals surface area contributed by atoms with Gasteiger partial charge in [0.05, 0.1) is 18.2 Å². The second-order valence-corrected chi connectivity index (χ2v) is 11.5. The van der Waals surface area contributed by atoms with Crippen molar-refractivity contribution in [2.24, 2.45) is 0 Å². The quantitative estimate of drug-likeness (QED) is 0.395. The molecule has 2 aliphatic rings. The molecule has 2 aromatic carbocycles. The number of rotatable bonds is 4. The van der Waals surface area contributed by atoms with Gasteiger partial charge in [-0.15, -0.1) is 0 Å². The lowest BCUT2D eigenvalue weighted by molar-refractivity contribution is -0.143. The van der Waals surface area contributed by atoms with E-state index in [0.717, 1.165) is 33.5 Å². The lowest BCUT2D eigenvalue weighted by Crippen LogP contribution is -2.59. The van der Waals surface area contributed by atoms with E-state index in [4.69, 9.17) is 4.74 Å². The summed E-state index contributed by atoms with van der Waals surface area (Å²) < 4.78 is 20.4. The molecule has 2 atom stereocenters. The Morgan fingerprint density at radius 3 is 2.65 bits per heavy atom. The zero-order valence-electron chi connectivity index (χ0n) is 25.7. The molecule has 5 rings (SSSR count). The summed E-state index contributed by atoms with van der Waals surface area (Å²) >= 11 is 0. The number of aromatic nitrogens is 1. The SMILES string of the molecule is CN1CC(=O)N2CCN(C(=O)O)C[C@@H]2COc2ccc(F)cc2C(=O)N(C)[C@@H](C(=O)NCCc2c[nH]c3ccccc23)CCC1=O. The number of nitrogens with zero attached hydrogens (tertiary/aromatic N) is 4. The summed E-state index contributed by atoms with van der Waals surface area (Å²) in [6.45, 7) is -0.0806. The van der Waals surface area contributed by atoms with Crippen LogP contribution < -0.4 is 10.1 Å². The summed E-state index contributed by atoms with van der Waals surface area (Å²) in [5, 5.41) is 13.5. The second kappa shape index (κ2) is 13.9. The number of likely N-dealkylation sites (N-methyl/N-ethyl adjacent to an activating group) is 2. The molecule has 3 aromatic rings. The van der Waals surface area contributed by atoms with E-state index in [1.165, 1.54) is 34.9 Å². The first kappa shape index (κ1) is 32.3. The van der Waals surface area contributed by atoms with Crippen LogP contribution >= 0.6 is 0 Å². The van der Waals surface area contributed by atoms with E-state index in [-0.39, 0.29) is 63.5 Å². The van der Waals surface area contributed by atoms with Gasteiger partial charge in [-0.1, -0.05) is 18.2 Å². The Balaban J connectivity index is 1.39. The maximum absolute atomic E-state index is 14.5. The molecule has 0 saturated carbocycles. The minimum Gasteiger partial charge on any atom is -0.491 e. The first-order valence-electron chi connectivity index (χ1n) is 15.1. The van der Waals surface area contributed by atoms with Crippen LogP contribution in [0.3, 0.4) is 0 Å². The number of fused-ring (bicyclic) bond motifs is 3. The van der Waals surface area contributed by atoms with Crippen molar-refractivity contribution in [3.63, 3.8) is 0 Å². The smallest absolute Gasteiger partial charge is 0.407 e. The predicted molar refractivity (Wildman–Crippen MR) is 165 cm³/mol. The Hall–Kier alpha value is -5.14. The molecule has 0 spiro atoms. The van der Waals surface area contributed by atoms with Gasteiger partial charge >= 0.3 is 6.09 Å². The van der Waals surface area contributed by atoms with Crippen LogP contribution in [0.4, 0.5) is 9.18 Å². The molecule has 14 heteroatoms. The van der Waals surface area contributed by atoms with E-state index < -0.39 is 47.6 Å². The fourth-order valence-corrected chi connectivity index (χ4v) is 5.92. The minimum atomic E-state index is -1.15. The van der Waals surface area contributed by atoms with Crippen LogP contribution in [0.25, 0.3) is 10.9 Å². The highest BCUT2D eigenvalue weighted by Crippen LogP contribution is 2.25. The van der Waals surface area contributed by atoms with Crippen LogP contribution in [0.2, 0.25) is 0 Å². The number of H-pyrrole nitrogens is 1. The maximum atomic E-state index is 14.5. The second-order valence-electron chi connectivity index (χ2n) is 11.5. The van der Waals surface area contributed by atoms with Gasteiger partial charge in [0.15, 0.2) is 0 Å². The number of hydrogen-bond acceptors (Lipinski definition) is 6. The molecule has 2 aliphatic heterocycles. The summed E-state index contributed by atoms with van der Waals surface area (Å²) in [7, 11) is 2.88. The molecule has 13 nitrogen and oxygen atoms in total. The van der Waals surface area contributed by atoms with E-state index in [1.807, 2.05) is 30.5 Å². The Labute approximate surface area is 264 Å². The molecule has 46 heavy (non-hydrogen) atoms. The number of ether oxygens (including phenoxy) is 1. The van der Waals surface area contributed by atoms with E-state index in [9.17, 15) is 33.5 Å². The van der Waals surface area contributed by atoms with E-state index >= 15 is 0 Å². The van der Waals surface area contributed by atoms with Crippen LogP contribution in [0, 0.1) is 5.82 Å². The summed E-state index contributed by atoms with van der Waals surface area (Å²) in [5.41, 5.74) is 1.83. The summed E-state index contributed by atoms with van der Waals surface area (Å²) in [5.74, 6) is -2.70. The topological polar surface area (TPSA) is 156 Å². The number of aromatic amines is 1. The number of benzene rings is 2. The third-order valence-electron chi connectivity index (χ3n) is 8.57. The van der Waals surface area contributed by atoms with E-state index in [0.29, 0.717) is 6.42 Å². The molecule has 1 saturated heterocycles. The molecule has 3 N–H and O–H groups in total. The van der Waals surface area contributed by atoms with Crippen molar-refractivity contribution >= 4 is 40.6 Å². The average Bonchev–Trinajstić information content (AvgIpc) is 3.45. The van der Waals surface area contributed by atoms with Gasteiger partial charge in [-0.05, 0) is 42.7 Å². The van der Waals surface area contributed by atoms with Gasteiger partial charge in [0.2, 0.25) is 17.7 Å². The van der Waals surface area contributed by atoms with Gasteiger partial charge < -0.3 is 39.7 Å². The largest absolute Gasteiger partial charge is 0.491 e. The summed E-state index contributed by atoms with van der Waals surface area (Å²) in [4.78, 5) is 73.8. The summed E-state index contributed by atoms with van der Waals surface area (Å²) in [6.07, 6.45) is 1.04. The molecule has 1 fully saturated rings. The third-order valence-corrected chi connectivity index (χ3v) is 8.57. The zero-order valence-corrected chi connectivity index (χ0v) is 25.7. The number of nitrogens with one attached hydrogen (secondary N) is 2. The van der Waals surface area contributed by atoms with Gasteiger partial charge in [-0.2, -0.15) is 0 Å². The van der Waals surface area contributed by atoms with E-state index in [1.54, 1.807) is 0 Å².